The summed E-state index contributed by atoms with van der Waals surface area (Å²) in [4.78, 5) is 27.0. The average molecular weight is 462 g/mol. The molecular formula is C26H31BN2O5. The van der Waals surface area contributed by atoms with Crippen molar-refractivity contribution in [3.63, 3.8) is 0 Å². The van der Waals surface area contributed by atoms with Crippen LogP contribution in [-0.4, -0.2) is 48.1 Å². The van der Waals surface area contributed by atoms with Crippen LogP contribution in [0.1, 0.15) is 39.7 Å². The number of carboxylic acids is 1. The van der Waals surface area contributed by atoms with Crippen LogP contribution in [0.15, 0.2) is 53.5 Å². The van der Waals surface area contributed by atoms with E-state index in [1.54, 1.807) is 10.8 Å². The van der Waals surface area contributed by atoms with Gasteiger partial charge in [-0.15, -0.1) is 0 Å². The molecule has 1 saturated heterocycles. The van der Waals surface area contributed by atoms with Crippen molar-refractivity contribution in [2.45, 2.75) is 51.7 Å². The van der Waals surface area contributed by atoms with E-state index in [1.165, 1.54) is 0 Å². The second kappa shape index (κ2) is 8.60. The van der Waals surface area contributed by atoms with Crippen molar-refractivity contribution in [3.05, 3.63) is 64.6 Å². The number of aliphatic carboxylic acids is 1. The Balaban J connectivity index is 1.87. The van der Waals surface area contributed by atoms with Gasteiger partial charge in [0.1, 0.15) is 0 Å². The van der Waals surface area contributed by atoms with Crippen molar-refractivity contribution in [2.24, 2.45) is 0 Å². The van der Waals surface area contributed by atoms with Gasteiger partial charge in [-0.05, 0) is 80.9 Å². The molecule has 1 aliphatic rings. The molecular weight excluding hydrogens is 431 g/mol. The number of hydrogen-bond donors (Lipinski definition) is 1. The normalized spacial score (nSPS) is 16.7. The van der Waals surface area contributed by atoms with E-state index >= 15 is 0 Å². The number of hydrogen-bond acceptors (Lipinski definition) is 5. The zero-order valence-corrected chi connectivity index (χ0v) is 20.6. The highest BCUT2D eigenvalue weighted by Crippen LogP contribution is 2.37. The summed E-state index contributed by atoms with van der Waals surface area (Å²) < 4.78 is 14.1. The van der Waals surface area contributed by atoms with Gasteiger partial charge in [-0.3, -0.25) is 14.2 Å². The molecule has 0 radical (unpaired) electrons. The quantitative estimate of drug-likeness (QED) is 0.566. The third kappa shape index (κ3) is 4.23. The molecule has 0 spiro atoms. The fourth-order valence-corrected chi connectivity index (χ4v) is 4.22. The molecule has 1 fully saturated rings. The van der Waals surface area contributed by atoms with E-state index in [0.717, 1.165) is 22.1 Å². The van der Waals surface area contributed by atoms with Crippen LogP contribution in [0.5, 0.6) is 0 Å². The summed E-state index contributed by atoms with van der Waals surface area (Å²) in [7, 11) is 3.25. The monoisotopic (exact) mass is 462 g/mol. The van der Waals surface area contributed by atoms with Crippen LogP contribution in [0.25, 0.3) is 16.5 Å². The summed E-state index contributed by atoms with van der Waals surface area (Å²) in [5, 5.41) is 10.8. The van der Waals surface area contributed by atoms with Crippen molar-refractivity contribution >= 4 is 35.0 Å². The minimum absolute atomic E-state index is 0.0714. The van der Waals surface area contributed by atoms with Crippen molar-refractivity contribution in [1.82, 2.24) is 4.57 Å². The first-order valence-corrected chi connectivity index (χ1v) is 11.4. The number of benzene rings is 2. The molecule has 34 heavy (non-hydrogen) atoms. The molecule has 0 bridgehead atoms. The van der Waals surface area contributed by atoms with Gasteiger partial charge in [0.2, 0.25) is 0 Å². The first kappa shape index (κ1) is 24.0. The van der Waals surface area contributed by atoms with Crippen LogP contribution < -0.4 is 15.9 Å². The molecule has 1 aromatic heterocycles. The van der Waals surface area contributed by atoms with E-state index in [-0.39, 0.29) is 18.4 Å². The molecule has 0 atom stereocenters. The molecule has 0 amide bonds. The second-order valence-corrected chi connectivity index (χ2v) is 9.98. The molecule has 1 N–H and O–H groups in total. The Morgan fingerprint density at radius 1 is 1.06 bits per heavy atom. The van der Waals surface area contributed by atoms with Crippen LogP contribution in [0.4, 0.5) is 5.69 Å². The smallest absolute Gasteiger partial charge is 0.481 e. The molecule has 2 heterocycles. The Labute approximate surface area is 200 Å². The summed E-state index contributed by atoms with van der Waals surface area (Å²) in [5.41, 5.74) is 1.88. The van der Waals surface area contributed by atoms with Gasteiger partial charge >= 0.3 is 13.1 Å². The topological polar surface area (TPSA) is 81.0 Å². The maximum atomic E-state index is 13.5. The number of carbonyl (C=O) groups is 1. The lowest BCUT2D eigenvalue weighted by atomic mass is 9.74. The second-order valence-electron chi connectivity index (χ2n) is 9.98. The van der Waals surface area contributed by atoms with Gasteiger partial charge in [0.25, 0.3) is 5.56 Å². The molecule has 178 valence electrons. The largest absolute Gasteiger partial charge is 0.495 e. The van der Waals surface area contributed by atoms with Gasteiger partial charge in [-0.1, -0.05) is 12.1 Å². The van der Waals surface area contributed by atoms with Crippen LogP contribution in [0, 0.1) is 0 Å². The molecule has 2 aromatic carbocycles. The maximum Gasteiger partial charge on any atom is 0.495 e. The Morgan fingerprint density at radius 3 is 2.35 bits per heavy atom. The van der Waals surface area contributed by atoms with Gasteiger partial charge in [-0.2, -0.15) is 0 Å². The van der Waals surface area contributed by atoms with Gasteiger partial charge in [0, 0.05) is 37.8 Å². The number of rotatable bonds is 6. The zero-order chi connectivity index (χ0) is 24.8. The SMILES string of the molecule is CN(C)c1ccc2c(=O)n(-c3cccc(B4OC(C)(C)C(C)(C)O4)c3CCC(=O)O)ccc2c1. The van der Waals surface area contributed by atoms with E-state index in [0.29, 0.717) is 11.1 Å². The molecule has 7 nitrogen and oxygen atoms in total. The summed E-state index contributed by atoms with van der Waals surface area (Å²) in [6.45, 7) is 7.90. The number of fused-ring (bicyclic) bond motifs is 1. The molecule has 0 saturated carbocycles. The molecule has 3 aromatic rings. The first-order valence-electron chi connectivity index (χ1n) is 11.4. The molecule has 1 aliphatic heterocycles. The Kier molecular flexibility index (Phi) is 6.08. The van der Waals surface area contributed by atoms with Crippen LogP contribution in [0.2, 0.25) is 0 Å². The third-order valence-electron chi connectivity index (χ3n) is 6.95. The Hall–Kier alpha value is -3.10. The fourth-order valence-electron chi connectivity index (χ4n) is 4.22. The number of carboxylic acid groups (broad SMARTS) is 1. The standard InChI is InChI=1S/C26H31BN2O5/c1-25(2)26(3,4)34-27(33-25)21-8-7-9-22(20(21)12-13-23(30)31)29-15-14-17-16-18(28(5)6)10-11-19(17)24(29)32/h7-11,14-16H,12-13H2,1-6H3,(H,30,31). The van der Waals surface area contributed by atoms with Crippen LogP contribution in [-0.2, 0) is 20.5 Å². The van der Waals surface area contributed by atoms with Crippen molar-refractivity contribution in [1.29, 1.82) is 0 Å². The van der Waals surface area contributed by atoms with Crippen molar-refractivity contribution in [2.75, 3.05) is 19.0 Å². The van der Waals surface area contributed by atoms with Crippen LogP contribution in [0.3, 0.4) is 0 Å². The van der Waals surface area contributed by atoms with Crippen molar-refractivity contribution in [3.8, 4) is 5.69 Å². The third-order valence-corrected chi connectivity index (χ3v) is 6.95. The molecule has 8 heteroatoms. The van der Waals surface area contributed by atoms with Gasteiger partial charge in [-0.25, -0.2) is 0 Å². The number of pyridine rings is 1. The predicted molar refractivity (Wildman–Crippen MR) is 136 cm³/mol. The summed E-state index contributed by atoms with van der Waals surface area (Å²) in [6.07, 6.45) is 1.92. The molecule has 0 aliphatic carbocycles. The average Bonchev–Trinajstić information content (AvgIpc) is 2.98. The lowest BCUT2D eigenvalue weighted by Gasteiger charge is -2.32. The molecule has 0 unspecified atom stereocenters. The Morgan fingerprint density at radius 2 is 1.74 bits per heavy atom. The molecule has 4 rings (SSSR count). The summed E-state index contributed by atoms with van der Waals surface area (Å²) in [5.74, 6) is -0.906. The minimum Gasteiger partial charge on any atom is -0.481 e. The zero-order valence-electron chi connectivity index (χ0n) is 20.6. The first-order chi connectivity index (χ1) is 15.9. The van der Waals surface area contributed by atoms with Crippen molar-refractivity contribution < 1.29 is 19.2 Å². The minimum atomic E-state index is -0.906. The Bertz CT molecular complexity index is 1300. The summed E-state index contributed by atoms with van der Waals surface area (Å²) in [6, 6.07) is 13.2. The highest BCUT2D eigenvalue weighted by atomic mass is 16.7. The number of aromatic nitrogens is 1. The van der Waals surface area contributed by atoms with Crippen LogP contribution >= 0.6 is 0 Å². The van der Waals surface area contributed by atoms with E-state index in [1.807, 2.05) is 89.2 Å². The maximum absolute atomic E-state index is 13.5. The van der Waals surface area contributed by atoms with E-state index < -0.39 is 24.3 Å². The lowest BCUT2D eigenvalue weighted by Crippen LogP contribution is -2.41. The highest BCUT2D eigenvalue weighted by molar-refractivity contribution is 6.62. The predicted octanol–water partition coefficient (Wildman–Crippen LogP) is 3.37. The number of nitrogens with zero attached hydrogens (tertiary/aromatic N) is 2. The van der Waals surface area contributed by atoms with Gasteiger partial charge in [0.15, 0.2) is 0 Å². The van der Waals surface area contributed by atoms with E-state index in [2.05, 4.69) is 0 Å². The number of anilines is 1. The van der Waals surface area contributed by atoms with E-state index in [4.69, 9.17) is 9.31 Å². The lowest BCUT2D eigenvalue weighted by molar-refractivity contribution is -0.136. The fraction of sp³-hybridized carbons (Fsp3) is 0.385. The van der Waals surface area contributed by atoms with Gasteiger partial charge in [0.05, 0.1) is 16.9 Å². The highest BCUT2D eigenvalue weighted by Gasteiger charge is 2.52. The van der Waals surface area contributed by atoms with E-state index in [9.17, 15) is 14.7 Å². The van der Waals surface area contributed by atoms with Gasteiger partial charge < -0.3 is 19.3 Å². The summed E-state index contributed by atoms with van der Waals surface area (Å²) >= 11 is 0.